The molecule has 0 radical (unpaired) electrons. The Hall–Kier alpha value is -1.96. The van der Waals surface area contributed by atoms with Gasteiger partial charge in [-0.15, -0.1) is 0 Å². The summed E-state index contributed by atoms with van der Waals surface area (Å²) in [7, 11) is -3.54. The Balaban J connectivity index is 1.59. The zero-order chi connectivity index (χ0) is 20.9. The van der Waals surface area contributed by atoms with Crippen LogP contribution in [0.25, 0.3) is 0 Å². The zero-order valence-electron chi connectivity index (χ0n) is 17.2. The average molecular weight is 418 g/mol. The molecule has 7 heteroatoms. The molecule has 0 bridgehead atoms. The van der Waals surface area contributed by atoms with Gasteiger partial charge in [0.15, 0.2) is 0 Å². The number of aromatic nitrogens is 1. The number of hydrogen-bond acceptors (Lipinski definition) is 5. The lowest BCUT2D eigenvalue weighted by Gasteiger charge is -2.35. The molecule has 2 unspecified atom stereocenters. The zero-order valence-corrected chi connectivity index (χ0v) is 18.0. The highest BCUT2D eigenvalue weighted by atomic mass is 32.2. The topological polar surface area (TPSA) is 82.5 Å². The van der Waals surface area contributed by atoms with Crippen LogP contribution in [0.1, 0.15) is 51.2 Å². The van der Waals surface area contributed by atoms with Crippen molar-refractivity contribution in [2.45, 2.75) is 56.6 Å². The number of pyridine rings is 1. The van der Waals surface area contributed by atoms with E-state index in [4.69, 9.17) is 0 Å². The van der Waals surface area contributed by atoms with E-state index in [1.165, 1.54) is 6.20 Å². The highest BCUT2D eigenvalue weighted by Gasteiger charge is 2.27. The van der Waals surface area contributed by atoms with E-state index in [-0.39, 0.29) is 16.9 Å². The van der Waals surface area contributed by atoms with Crippen molar-refractivity contribution in [2.24, 2.45) is 5.92 Å². The molecule has 1 aromatic heterocycles. The molecule has 0 spiro atoms. The van der Waals surface area contributed by atoms with Crippen LogP contribution in [-0.2, 0) is 10.0 Å². The van der Waals surface area contributed by atoms with Gasteiger partial charge in [0.05, 0.1) is 6.10 Å². The second kappa shape index (κ2) is 9.69. The van der Waals surface area contributed by atoms with E-state index in [1.807, 2.05) is 44.2 Å². The molecule has 1 aliphatic heterocycles. The number of benzene rings is 1. The Morgan fingerprint density at radius 1 is 1.17 bits per heavy atom. The van der Waals surface area contributed by atoms with Gasteiger partial charge in [-0.3, -0.25) is 0 Å². The Morgan fingerprint density at radius 2 is 1.86 bits per heavy atom. The fourth-order valence-corrected chi connectivity index (χ4v) is 5.13. The number of aliphatic hydroxyl groups is 1. The summed E-state index contributed by atoms with van der Waals surface area (Å²) in [5, 5.41) is 10.6. The highest BCUT2D eigenvalue weighted by molar-refractivity contribution is 7.89. The molecule has 1 aliphatic rings. The van der Waals surface area contributed by atoms with Crippen LogP contribution in [0.2, 0.25) is 0 Å². The fourth-order valence-electron chi connectivity index (χ4n) is 3.91. The van der Waals surface area contributed by atoms with E-state index in [2.05, 4.69) is 14.6 Å². The second-order valence-corrected chi connectivity index (χ2v) is 9.56. The van der Waals surface area contributed by atoms with Gasteiger partial charge in [-0.25, -0.2) is 18.1 Å². The van der Waals surface area contributed by atoms with Gasteiger partial charge in [0, 0.05) is 25.3 Å². The molecule has 6 nitrogen and oxygen atoms in total. The average Bonchev–Trinajstić information content (AvgIpc) is 2.74. The molecular formula is C22H31N3O3S. The maximum Gasteiger partial charge on any atom is 0.242 e. The lowest BCUT2D eigenvalue weighted by Crippen LogP contribution is -2.36. The molecule has 2 heterocycles. The van der Waals surface area contributed by atoms with Crippen LogP contribution in [0.15, 0.2) is 53.6 Å². The molecule has 2 N–H and O–H groups in total. The van der Waals surface area contributed by atoms with Crippen molar-refractivity contribution in [1.29, 1.82) is 0 Å². The summed E-state index contributed by atoms with van der Waals surface area (Å²) >= 11 is 0. The minimum atomic E-state index is -3.54. The van der Waals surface area contributed by atoms with E-state index in [9.17, 15) is 13.5 Å². The first-order valence-electron chi connectivity index (χ1n) is 10.4. The largest absolute Gasteiger partial charge is 0.388 e. The third-order valence-corrected chi connectivity index (χ3v) is 7.14. The van der Waals surface area contributed by atoms with Gasteiger partial charge in [0.2, 0.25) is 10.0 Å². The quantitative estimate of drug-likeness (QED) is 0.687. The van der Waals surface area contributed by atoms with Crippen LogP contribution in [0.4, 0.5) is 5.82 Å². The standard InChI is InChI=1S/C22H31N3O3S/c1-3-7-17(2)24-29(27,28)20-10-11-21(23-16-20)25-14-12-19(13-15-25)22(26)18-8-5-4-6-9-18/h4-6,8-11,16-17,19,22,24,26H,3,7,12-15H2,1-2H3. The third kappa shape index (κ3) is 5.56. The summed E-state index contributed by atoms with van der Waals surface area (Å²) in [6.45, 7) is 5.49. The molecule has 2 atom stereocenters. The highest BCUT2D eigenvalue weighted by Crippen LogP contribution is 2.32. The smallest absolute Gasteiger partial charge is 0.242 e. The lowest BCUT2D eigenvalue weighted by molar-refractivity contribution is 0.0929. The number of anilines is 1. The molecule has 0 saturated carbocycles. The van der Waals surface area contributed by atoms with Crippen molar-refractivity contribution in [3.8, 4) is 0 Å². The summed E-state index contributed by atoms with van der Waals surface area (Å²) in [5.74, 6) is 0.996. The van der Waals surface area contributed by atoms with Crippen LogP contribution in [0.5, 0.6) is 0 Å². The van der Waals surface area contributed by atoms with Gasteiger partial charge in [0.25, 0.3) is 0 Å². The van der Waals surface area contributed by atoms with Gasteiger partial charge >= 0.3 is 0 Å². The maximum absolute atomic E-state index is 12.5. The Labute approximate surface area is 174 Å². The van der Waals surface area contributed by atoms with Crippen molar-refractivity contribution in [3.63, 3.8) is 0 Å². The second-order valence-electron chi connectivity index (χ2n) is 7.84. The van der Waals surface area contributed by atoms with Crippen LogP contribution >= 0.6 is 0 Å². The first-order valence-corrected chi connectivity index (χ1v) is 11.9. The molecule has 29 heavy (non-hydrogen) atoms. The number of nitrogens with one attached hydrogen (secondary N) is 1. The molecule has 1 saturated heterocycles. The van der Waals surface area contributed by atoms with Crippen molar-refractivity contribution in [2.75, 3.05) is 18.0 Å². The van der Waals surface area contributed by atoms with Crippen LogP contribution < -0.4 is 9.62 Å². The fraction of sp³-hybridized carbons (Fsp3) is 0.500. The molecule has 1 fully saturated rings. The minimum absolute atomic E-state index is 0.0975. The summed E-state index contributed by atoms with van der Waals surface area (Å²) in [5.41, 5.74) is 0.962. The van der Waals surface area contributed by atoms with Gasteiger partial charge in [-0.2, -0.15) is 0 Å². The number of rotatable bonds is 8. The van der Waals surface area contributed by atoms with Gasteiger partial charge < -0.3 is 10.0 Å². The van der Waals surface area contributed by atoms with E-state index < -0.39 is 16.1 Å². The predicted octanol–water partition coefficient (Wildman–Crippen LogP) is 3.50. The Kier molecular flexibility index (Phi) is 7.27. The van der Waals surface area contributed by atoms with E-state index >= 15 is 0 Å². The van der Waals surface area contributed by atoms with Crippen molar-refractivity contribution in [1.82, 2.24) is 9.71 Å². The Bertz CT molecular complexity index is 864. The van der Waals surface area contributed by atoms with Crippen molar-refractivity contribution < 1.29 is 13.5 Å². The number of aliphatic hydroxyl groups excluding tert-OH is 1. The first kappa shape index (κ1) is 21.7. The molecule has 1 aromatic carbocycles. The van der Waals surface area contributed by atoms with Crippen molar-refractivity contribution in [3.05, 3.63) is 54.2 Å². The van der Waals surface area contributed by atoms with E-state index in [1.54, 1.807) is 12.1 Å². The molecule has 0 amide bonds. The number of nitrogens with zero attached hydrogens (tertiary/aromatic N) is 2. The molecule has 3 rings (SSSR count). The molecule has 158 valence electrons. The normalized spacial score (nSPS) is 17.8. The maximum atomic E-state index is 12.5. The predicted molar refractivity (Wildman–Crippen MR) is 115 cm³/mol. The number of piperidine rings is 1. The van der Waals surface area contributed by atoms with Gasteiger partial charge in [0.1, 0.15) is 10.7 Å². The summed E-state index contributed by atoms with van der Waals surface area (Å²) in [4.78, 5) is 6.74. The van der Waals surface area contributed by atoms with Crippen LogP contribution in [0.3, 0.4) is 0 Å². The summed E-state index contributed by atoms with van der Waals surface area (Å²) in [6.07, 6.45) is 4.45. The minimum Gasteiger partial charge on any atom is -0.388 e. The van der Waals surface area contributed by atoms with E-state index in [0.29, 0.717) is 0 Å². The van der Waals surface area contributed by atoms with Gasteiger partial charge in [-0.1, -0.05) is 43.7 Å². The van der Waals surface area contributed by atoms with Crippen molar-refractivity contribution >= 4 is 15.8 Å². The Morgan fingerprint density at radius 3 is 2.45 bits per heavy atom. The number of hydrogen-bond donors (Lipinski definition) is 2. The van der Waals surface area contributed by atoms with Crippen LogP contribution in [0, 0.1) is 5.92 Å². The molecular weight excluding hydrogens is 386 g/mol. The summed E-state index contributed by atoms with van der Waals surface area (Å²) < 4.78 is 27.6. The molecule has 2 aromatic rings. The monoisotopic (exact) mass is 417 g/mol. The molecule has 0 aliphatic carbocycles. The van der Waals surface area contributed by atoms with Gasteiger partial charge in [-0.05, 0) is 49.8 Å². The summed E-state index contributed by atoms with van der Waals surface area (Å²) in [6, 6.07) is 13.1. The first-order chi connectivity index (χ1) is 13.9. The van der Waals surface area contributed by atoms with E-state index in [0.717, 1.165) is 50.2 Å². The SMILES string of the molecule is CCCC(C)NS(=O)(=O)c1ccc(N2CCC(C(O)c3ccccc3)CC2)nc1. The third-order valence-electron chi connectivity index (χ3n) is 5.56. The lowest BCUT2D eigenvalue weighted by atomic mass is 9.87. The number of sulfonamides is 1. The van der Waals surface area contributed by atoms with Crippen LogP contribution in [-0.4, -0.2) is 37.6 Å².